The van der Waals surface area contributed by atoms with Gasteiger partial charge in [-0.15, -0.1) is 0 Å². The largest absolute Gasteiger partial charge is 0.458 e. The summed E-state index contributed by atoms with van der Waals surface area (Å²) in [4.78, 5) is 20.4. The average Bonchev–Trinajstić information content (AvgIpc) is 0.674. The predicted molar refractivity (Wildman–Crippen MR) is 523 cm³/mol. The van der Waals surface area contributed by atoms with Crippen molar-refractivity contribution >= 4 is 206 Å². The van der Waals surface area contributed by atoms with E-state index >= 15 is 0 Å². The molecule has 124 heavy (non-hydrogen) atoms. The third kappa shape index (κ3) is 11.4. The molecule has 0 radical (unpaired) electrons. The first-order valence-corrected chi connectivity index (χ1v) is 43.0. The van der Waals surface area contributed by atoms with E-state index in [1.54, 1.807) is 0 Å². The lowest BCUT2D eigenvalue weighted by atomic mass is 9.29. The molecule has 0 aliphatic carbocycles. The molecule has 0 spiro atoms. The van der Waals surface area contributed by atoms with Gasteiger partial charge in [0, 0.05) is 126 Å². The molecule has 0 amide bonds. The van der Waals surface area contributed by atoms with Crippen molar-refractivity contribution < 1.29 is 4.74 Å². The number of aryl methyl sites for hydroxylation is 4. The summed E-state index contributed by atoms with van der Waals surface area (Å²) < 4.78 is 7.53. The summed E-state index contributed by atoms with van der Waals surface area (Å²) in [5.74, 6) is 1.66. The Morgan fingerprint density at radius 1 is 0.177 bits per heavy atom. The van der Waals surface area contributed by atoms with Crippen LogP contribution in [0.4, 0.5) is 136 Å². The lowest BCUT2D eigenvalue weighted by Gasteiger charge is -2.49. The van der Waals surface area contributed by atoms with E-state index in [1.807, 2.05) is 0 Å². The van der Waals surface area contributed by atoms with Gasteiger partial charge >= 0.3 is 0 Å². The normalized spacial score (nSPS) is 13.1. The van der Waals surface area contributed by atoms with Gasteiger partial charge in [0.1, 0.15) is 11.5 Å². The molecule has 0 bridgehead atoms. The molecule has 0 N–H and O–H groups in total. The van der Waals surface area contributed by atoms with Crippen molar-refractivity contribution in [3.05, 3.63) is 441 Å². The predicted octanol–water partition coefficient (Wildman–Crippen LogP) is 23.9. The first-order valence-electron chi connectivity index (χ1n) is 43.0. The highest BCUT2D eigenvalue weighted by atomic mass is 16.5. The zero-order chi connectivity index (χ0) is 82.4. The smallest absolute Gasteiger partial charge is 0.256 e. The summed E-state index contributed by atoms with van der Waals surface area (Å²) in [6.45, 7) is 8.19. The number of nitrogens with zero attached hydrogens (tertiary/aromatic N) is 8. The highest BCUT2D eigenvalue weighted by molar-refractivity contribution is 7.04. The van der Waals surface area contributed by atoms with E-state index in [4.69, 9.17) is 4.74 Å². The number of para-hydroxylation sites is 13. The van der Waals surface area contributed by atoms with Crippen LogP contribution < -0.4 is 93.1 Å². The summed E-state index contributed by atoms with van der Waals surface area (Å²) in [7, 11) is 0. The van der Waals surface area contributed by atoms with Crippen LogP contribution in [-0.2, 0) is 0 Å². The van der Waals surface area contributed by atoms with Gasteiger partial charge in [0.05, 0.1) is 17.1 Å². The van der Waals surface area contributed by atoms with Crippen molar-refractivity contribution in [3.63, 3.8) is 0 Å². The molecule has 12 heteroatoms. The number of anilines is 24. The molecule has 0 fully saturated rings. The molecule has 6 heterocycles. The van der Waals surface area contributed by atoms with Crippen LogP contribution in [0.3, 0.4) is 0 Å². The first-order chi connectivity index (χ1) is 61.2. The van der Waals surface area contributed by atoms with Crippen molar-refractivity contribution in [2.45, 2.75) is 27.7 Å². The Morgan fingerprint density at radius 2 is 0.435 bits per heavy atom. The topological polar surface area (TPSA) is 35.2 Å². The molecule has 24 rings (SSSR count). The summed E-state index contributed by atoms with van der Waals surface area (Å²) >= 11 is 0. The number of hydrogen-bond donors (Lipinski definition) is 0. The SMILES string of the molecule is Cc1ccccc1N1c2cc3c(cc2B2c4ccccc4Oc4cc(N(c5ccccc5)c5ccccc5)cc1c42)B1c2cc4c(cc2N(c2ccccc2C)c2cc(N(c5ccccc5)c5ccccc5)cc(c21)N3c1ccccc1C)N(c1ccccc1C)c1cc(N(c2ccccc2)c2ccccc2)cc2c1B4c1ccccc1N2c1ccccc1. The second-order valence-corrected chi connectivity index (χ2v) is 33.3. The molecule has 0 saturated heterocycles. The molecule has 18 aromatic rings. The van der Waals surface area contributed by atoms with Gasteiger partial charge in [-0.2, -0.15) is 0 Å². The Hall–Kier alpha value is -15.6. The minimum atomic E-state index is -0.391. The first kappa shape index (κ1) is 72.4. The summed E-state index contributed by atoms with van der Waals surface area (Å²) in [6.07, 6.45) is 0. The summed E-state index contributed by atoms with van der Waals surface area (Å²) in [5.41, 5.74) is 41.0. The summed E-state index contributed by atoms with van der Waals surface area (Å²) in [5, 5.41) is 0. The molecule has 0 unspecified atom stereocenters. The molecule has 6 aliphatic heterocycles. The van der Waals surface area contributed by atoms with Crippen molar-refractivity contribution in [2.24, 2.45) is 0 Å². The molecule has 6 aliphatic rings. The molecular weight excluding hydrogens is 1510 g/mol. The van der Waals surface area contributed by atoms with E-state index < -0.39 is 6.71 Å². The van der Waals surface area contributed by atoms with Crippen LogP contribution in [0, 0.1) is 27.7 Å². The van der Waals surface area contributed by atoms with Crippen molar-refractivity contribution in [1.29, 1.82) is 0 Å². The van der Waals surface area contributed by atoms with Crippen LogP contribution in [0.1, 0.15) is 22.3 Å². The van der Waals surface area contributed by atoms with Gasteiger partial charge in [-0.3, -0.25) is 0 Å². The highest BCUT2D eigenvalue weighted by Gasteiger charge is 2.52. The maximum atomic E-state index is 7.53. The number of ether oxygens (including phenoxy) is 1. The fourth-order valence-electron chi connectivity index (χ4n) is 20.9. The zero-order valence-corrected chi connectivity index (χ0v) is 69.1. The Kier molecular flexibility index (Phi) is 17.0. The van der Waals surface area contributed by atoms with Crippen LogP contribution in [-0.4, -0.2) is 20.1 Å². The Labute approximate surface area is 724 Å². The standard InChI is InChI=1S/C112H81B3N8O/c1-74-38-26-32-58-94(74)120-99-72-101-92(70-90(99)113-88-56-30-36-62-98(88)119(84-54-24-11-25-55-84)103-64-85(65-104(120)110(103)113)116(78-42-12-5-13-43-78)79-44-14-6-15-45-79)115-93-71-91-100(123(97-61-35-29-41-77(97)4)107-68-87(69-109-112(107)114(91)89-57-31-37-63-108(89)124-109)118(82-50-20-9-21-51-82)83-52-22-10-23-53-83)73-102(93)122(96-60-34-28-40-76(96)3)106-67-86(66-105(111(106)115)121(101)95-59-33-27-39-75(95)2)117(80-46-16-7-17-47-80)81-48-18-8-19-49-81/h5-73H,1-4H3. The molecule has 0 atom stereocenters. The number of benzene rings is 18. The molecule has 584 valence electrons. The van der Waals surface area contributed by atoms with Gasteiger partial charge in [-0.05, 0) is 263 Å². The van der Waals surface area contributed by atoms with E-state index in [2.05, 4.69) is 485 Å². The van der Waals surface area contributed by atoms with Crippen LogP contribution in [0.5, 0.6) is 11.5 Å². The fourth-order valence-corrected chi connectivity index (χ4v) is 20.9. The molecular formula is C112H81B3N8O. The second kappa shape index (κ2) is 29.1. The van der Waals surface area contributed by atoms with E-state index in [-0.39, 0.29) is 13.4 Å². The van der Waals surface area contributed by atoms with Crippen molar-refractivity contribution in [2.75, 3.05) is 39.2 Å². The maximum Gasteiger partial charge on any atom is 0.256 e. The second-order valence-electron chi connectivity index (χ2n) is 33.3. The van der Waals surface area contributed by atoms with Gasteiger partial charge in [-0.1, -0.05) is 249 Å². The molecule has 9 nitrogen and oxygen atoms in total. The summed E-state index contributed by atoms with van der Waals surface area (Å²) in [6, 6.07) is 156. The molecule has 0 saturated carbocycles. The van der Waals surface area contributed by atoms with Gasteiger partial charge < -0.3 is 43.9 Å². The van der Waals surface area contributed by atoms with E-state index in [0.717, 1.165) is 181 Å². The third-order valence-corrected chi connectivity index (χ3v) is 26.2. The number of fused-ring (bicyclic) bond motifs is 12. The minimum absolute atomic E-state index is 0.269. The number of hydrogen-bond acceptors (Lipinski definition) is 9. The van der Waals surface area contributed by atoms with E-state index in [9.17, 15) is 0 Å². The quantitative estimate of drug-likeness (QED) is 0.0990. The lowest BCUT2D eigenvalue weighted by molar-refractivity contribution is 0.487. The number of rotatable bonds is 14. The zero-order valence-electron chi connectivity index (χ0n) is 69.1. The van der Waals surface area contributed by atoms with E-state index in [1.165, 1.54) is 38.2 Å². The Bertz CT molecular complexity index is 7160. The third-order valence-electron chi connectivity index (χ3n) is 26.2. The van der Waals surface area contributed by atoms with Crippen LogP contribution in [0.15, 0.2) is 419 Å². The maximum absolute atomic E-state index is 7.53. The monoisotopic (exact) mass is 1590 g/mol. The lowest BCUT2D eigenvalue weighted by Crippen LogP contribution is -2.66. The van der Waals surface area contributed by atoms with Crippen LogP contribution in [0.25, 0.3) is 0 Å². The highest BCUT2D eigenvalue weighted by Crippen LogP contribution is 2.56. The Morgan fingerprint density at radius 3 is 0.782 bits per heavy atom. The van der Waals surface area contributed by atoms with Gasteiger partial charge in [-0.25, -0.2) is 0 Å². The Balaban J connectivity index is 0.849. The molecule has 0 aromatic heterocycles. The van der Waals surface area contributed by atoms with Crippen LogP contribution in [0.2, 0.25) is 0 Å². The van der Waals surface area contributed by atoms with Gasteiger partial charge in [0.15, 0.2) is 0 Å². The van der Waals surface area contributed by atoms with E-state index in [0.29, 0.717) is 0 Å². The fraction of sp³-hybridized carbons (Fsp3) is 0.0357. The van der Waals surface area contributed by atoms with Gasteiger partial charge in [0.2, 0.25) is 0 Å². The van der Waals surface area contributed by atoms with Crippen molar-refractivity contribution in [1.82, 2.24) is 0 Å². The van der Waals surface area contributed by atoms with Gasteiger partial charge in [0.25, 0.3) is 20.1 Å². The van der Waals surface area contributed by atoms with Crippen LogP contribution >= 0.6 is 0 Å². The minimum Gasteiger partial charge on any atom is -0.458 e. The average molecular weight is 1590 g/mol. The van der Waals surface area contributed by atoms with Crippen molar-refractivity contribution in [3.8, 4) is 11.5 Å². The molecule has 18 aromatic carbocycles.